The number of benzene rings is 2. The van der Waals surface area contributed by atoms with E-state index in [9.17, 15) is 4.79 Å². The first-order valence-corrected chi connectivity index (χ1v) is 8.08. The van der Waals surface area contributed by atoms with E-state index < -0.39 is 11.6 Å². The van der Waals surface area contributed by atoms with Gasteiger partial charge in [0.05, 0.1) is 18.2 Å². The summed E-state index contributed by atoms with van der Waals surface area (Å²) in [7, 11) is 0. The van der Waals surface area contributed by atoms with E-state index in [1.165, 1.54) is 0 Å². The largest absolute Gasteiger partial charge is 0.484 e. The number of hydrogen-bond donors (Lipinski definition) is 2. The highest BCUT2D eigenvalue weighted by Crippen LogP contribution is 2.37. The molecule has 0 fully saturated rings. The molecule has 0 spiro atoms. The quantitative estimate of drug-likeness (QED) is 0.854. The summed E-state index contributed by atoms with van der Waals surface area (Å²) in [6.45, 7) is 4.34. The molecule has 25 heavy (non-hydrogen) atoms. The molecule has 2 N–H and O–H groups in total. The van der Waals surface area contributed by atoms with Crippen molar-refractivity contribution in [2.45, 2.75) is 19.4 Å². The lowest BCUT2D eigenvalue weighted by atomic mass is 10.1. The molecule has 1 aliphatic heterocycles. The fourth-order valence-electron chi connectivity index (χ4n) is 2.59. The lowest BCUT2D eigenvalue weighted by Gasteiger charge is -2.40. The number of nitriles is 1. The monoisotopic (exact) mass is 356 g/mol. The number of carbonyl (C=O) groups excluding carboxylic acids is 1. The van der Waals surface area contributed by atoms with Gasteiger partial charge in [-0.1, -0.05) is 11.6 Å². The van der Waals surface area contributed by atoms with E-state index in [1.54, 1.807) is 47.5 Å². The maximum absolute atomic E-state index is 12.3. The van der Waals surface area contributed by atoms with Gasteiger partial charge in [-0.15, -0.1) is 0 Å². The van der Waals surface area contributed by atoms with E-state index in [2.05, 4.69) is 10.7 Å². The van der Waals surface area contributed by atoms with Crippen LogP contribution in [-0.2, 0) is 0 Å². The molecule has 6 nitrogen and oxygen atoms in total. The van der Waals surface area contributed by atoms with E-state index in [1.807, 2.05) is 19.9 Å². The van der Waals surface area contributed by atoms with Crippen molar-refractivity contribution < 1.29 is 9.53 Å². The van der Waals surface area contributed by atoms with Crippen molar-refractivity contribution in [1.82, 2.24) is 5.43 Å². The number of carbonyl (C=O) groups is 1. The highest BCUT2D eigenvalue weighted by molar-refractivity contribution is 6.31. The van der Waals surface area contributed by atoms with Gasteiger partial charge in [-0.25, -0.2) is 10.2 Å². The van der Waals surface area contributed by atoms with Crippen LogP contribution in [-0.4, -0.2) is 18.2 Å². The van der Waals surface area contributed by atoms with Gasteiger partial charge in [-0.3, -0.25) is 5.01 Å². The smallest absolute Gasteiger partial charge is 0.338 e. The van der Waals surface area contributed by atoms with Crippen molar-refractivity contribution in [3.63, 3.8) is 0 Å². The lowest BCUT2D eigenvalue weighted by molar-refractivity contribution is 0.102. The van der Waals surface area contributed by atoms with Crippen LogP contribution >= 0.6 is 11.6 Å². The first kappa shape index (κ1) is 16.9. The van der Waals surface area contributed by atoms with Crippen LogP contribution in [0.4, 0.5) is 16.2 Å². The average molecular weight is 357 g/mol. The second kappa shape index (κ2) is 6.54. The van der Waals surface area contributed by atoms with Crippen molar-refractivity contribution in [2.24, 2.45) is 0 Å². The fourth-order valence-corrected chi connectivity index (χ4v) is 2.76. The van der Waals surface area contributed by atoms with Crippen LogP contribution < -0.4 is 20.5 Å². The normalized spacial score (nSPS) is 14.7. The maximum Gasteiger partial charge on any atom is 0.338 e. The number of rotatable bonds is 2. The Morgan fingerprint density at radius 3 is 2.68 bits per heavy atom. The van der Waals surface area contributed by atoms with Crippen LogP contribution in [0.15, 0.2) is 42.5 Å². The standard InChI is InChI=1S/C18H17ClN4O2/c1-18(2)11-23(15-9-13(19)5-8-16(15)25-18)22-17(24)21-14-6-3-12(10-20)4-7-14/h3-9H,11H2,1-2H3,(H2,21,22,24). The zero-order valence-electron chi connectivity index (χ0n) is 13.8. The second-order valence-corrected chi connectivity index (χ2v) is 6.75. The molecular weight excluding hydrogens is 340 g/mol. The number of urea groups is 1. The number of anilines is 2. The number of fused-ring (bicyclic) bond motifs is 1. The molecule has 0 saturated carbocycles. The third-order valence-electron chi connectivity index (χ3n) is 3.65. The Kier molecular flexibility index (Phi) is 4.43. The number of nitrogens with zero attached hydrogens (tertiary/aromatic N) is 2. The Morgan fingerprint density at radius 1 is 1.28 bits per heavy atom. The number of nitrogens with one attached hydrogen (secondary N) is 2. The molecule has 0 aromatic heterocycles. The maximum atomic E-state index is 12.3. The van der Waals surface area contributed by atoms with Crippen LogP contribution in [0, 0.1) is 11.3 Å². The van der Waals surface area contributed by atoms with Gasteiger partial charge >= 0.3 is 6.03 Å². The number of ether oxygens (including phenoxy) is 1. The van der Waals surface area contributed by atoms with Gasteiger partial charge in [0, 0.05) is 10.7 Å². The van der Waals surface area contributed by atoms with Gasteiger partial charge in [0.1, 0.15) is 17.0 Å². The molecule has 0 unspecified atom stereocenters. The van der Waals surface area contributed by atoms with Crippen LogP contribution in [0.2, 0.25) is 5.02 Å². The van der Waals surface area contributed by atoms with E-state index in [0.29, 0.717) is 34.3 Å². The van der Waals surface area contributed by atoms with Crippen molar-refractivity contribution in [1.29, 1.82) is 5.26 Å². The molecule has 0 aliphatic carbocycles. The molecule has 1 aliphatic rings. The summed E-state index contributed by atoms with van der Waals surface area (Å²) in [6.07, 6.45) is 0. The summed E-state index contributed by atoms with van der Waals surface area (Å²) < 4.78 is 5.93. The van der Waals surface area contributed by atoms with Crippen molar-refractivity contribution >= 4 is 29.0 Å². The predicted molar refractivity (Wildman–Crippen MR) is 96.8 cm³/mol. The topological polar surface area (TPSA) is 77.4 Å². The van der Waals surface area contributed by atoms with Crippen molar-refractivity contribution in [3.8, 4) is 11.8 Å². The fraction of sp³-hybridized carbons (Fsp3) is 0.222. The summed E-state index contributed by atoms with van der Waals surface area (Å²) in [6, 6.07) is 13.5. The number of hydrazine groups is 1. The highest BCUT2D eigenvalue weighted by Gasteiger charge is 2.32. The minimum absolute atomic E-state index is 0.395. The molecule has 2 aromatic rings. The summed E-state index contributed by atoms with van der Waals surface area (Å²) in [5.41, 5.74) is 4.17. The summed E-state index contributed by atoms with van der Waals surface area (Å²) in [5.74, 6) is 0.652. The minimum atomic E-state index is -0.470. The first-order chi connectivity index (χ1) is 11.9. The van der Waals surface area contributed by atoms with Gasteiger partial charge in [0.15, 0.2) is 0 Å². The van der Waals surface area contributed by atoms with Crippen LogP contribution in [0.5, 0.6) is 5.75 Å². The predicted octanol–water partition coefficient (Wildman–Crippen LogP) is 3.93. The van der Waals surface area contributed by atoms with Crippen LogP contribution in [0.1, 0.15) is 19.4 Å². The van der Waals surface area contributed by atoms with Crippen LogP contribution in [0.25, 0.3) is 0 Å². The van der Waals surface area contributed by atoms with Gasteiger partial charge in [0.2, 0.25) is 0 Å². The van der Waals surface area contributed by atoms with E-state index in [4.69, 9.17) is 21.6 Å². The summed E-state index contributed by atoms with van der Waals surface area (Å²) in [5, 5.41) is 13.8. The average Bonchev–Trinajstić information content (AvgIpc) is 2.55. The molecule has 128 valence electrons. The Hall–Kier alpha value is -2.91. The minimum Gasteiger partial charge on any atom is -0.484 e. The molecule has 1 heterocycles. The Balaban J connectivity index is 1.76. The summed E-state index contributed by atoms with van der Waals surface area (Å²) >= 11 is 6.07. The van der Waals surface area contributed by atoms with Crippen molar-refractivity contribution in [2.75, 3.05) is 16.9 Å². The molecule has 2 aromatic carbocycles. The SMILES string of the molecule is CC1(C)CN(NC(=O)Nc2ccc(C#N)cc2)c2cc(Cl)ccc2O1. The van der Waals surface area contributed by atoms with Gasteiger partial charge in [0.25, 0.3) is 0 Å². The van der Waals surface area contributed by atoms with Crippen LogP contribution in [0.3, 0.4) is 0 Å². The lowest BCUT2D eigenvalue weighted by Crippen LogP contribution is -2.55. The van der Waals surface area contributed by atoms with Gasteiger partial charge in [-0.2, -0.15) is 5.26 Å². The van der Waals surface area contributed by atoms with E-state index in [-0.39, 0.29) is 0 Å². The zero-order valence-corrected chi connectivity index (χ0v) is 14.6. The Morgan fingerprint density at radius 2 is 2.00 bits per heavy atom. The molecule has 0 saturated heterocycles. The molecular formula is C18H17ClN4O2. The third kappa shape index (κ3) is 3.95. The zero-order chi connectivity index (χ0) is 18.0. The second-order valence-electron chi connectivity index (χ2n) is 6.32. The van der Waals surface area contributed by atoms with Crippen molar-refractivity contribution in [3.05, 3.63) is 53.1 Å². The third-order valence-corrected chi connectivity index (χ3v) is 3.88. The molecule has 0 radical (unpaired) electrons. The summed E-state index contributed by atoms with van der Waals surface area (Å²) in [4.78, 5) is 12.3. The van der Waals surface area contributed by atoms with E-state index in [0.717, 1.165) is 0 Å². The van der Waals surface area contributed by atoms with E-state index >= 15 is 0 Å². The Labute approximate surface area is 150 Å². The molecule has 0 atom stereocenters. The molecule has 2 amide bonds. The first-order valence-electron chi connectivity index (χ1n) is 7.70. The molecule has 7 heteroatoms. The Bertz CT molecular complexity index is 843. The highest BCUT2D eigenvalue weighted by atomic mass is 35.5. The van der Waals surface area contributed by atoms with Gasteiger partial charge in [-0.05, 0) is 56.3 Å². The molecule has 0 bridgehead atoms. The number of halogens is 1. The number of amides is 2. The number of hydrogen-bond acceptors (Lipinski definition) is 4. The van der Waals surface area contributed by atoms with Gasteiger partial charge < -0.3 is 10.1 Å². The molecule has 3 rings (SSSR count).